The summed E-state index contributed by atoms with van der Waals surface area (Å²) in [4.78, 5) is 54.5. The molecule has 0 radical (unpaired) electrons. The summed E-state index contributed by atoms with van der Waals surface area (Å²) in [6, 6.07) is 6.34. The Balaban J connectivity index is 1.97. The van der Waals surface area contributed by atoms with Crippen molar-refractivity contribution in [1.29, 1.82) is 0 Å². The van der Waals surface area contributed by atoms with Crippen LogP contribution >= 0.6 is 0 Å². The number of aryl methyl sites for hydroxylation is 1. The van der Waals surface area contributed by atoms with Gasteiger partial charge in [-0.15, -0.1) is 0 Å². The lowest BCUT2D eigenvalue weighted by Gasteiger charge is -2.17. The van der Waals surface area contributed by atoms with Crippen molar-refractivity contribution in [2.45, 2.75) is 26.6 Å². The van der Waals surface area contributed by atoms with E-state index in [4.69, 9.17) is 0 Å². The number of carboxylic acid groups (broad SMARTS) is 1. The second kappa shape index (κ2) is 7.90. The molecule has 2 aromatic heterocycles. The van der Waals surface area contributed by atoms with Gasteiger partial charge in [0.25, 0.3) is 5.56 Å². The predicted octanol–water partition coefficient (Wildman–Crippen LogP) is 2.55. The first-order valence-electron chi connectivity index (χ1n) is 9.87. The predicted molar refractivity (Wildman–Crippen MR) is 116 cm³/mol. The van der Waals surface area contributed by atoms with Gasteiger partial charge in [-0.25, -0.2) is 14.4 Å². The number of carboxylic acids is 1. The zero-order valence-corrected chi connectivity index (χ0v) is 17.8. The number of aromatic carboxylic acids is 1. The minimum Gasteiger partial charge on any atom is -0.477 e. The topological polar surface area (TPSA) is 130 Å². The molecule has 2 heterocycles. The van der Waals surface area contributed by atoms with Crippen LogP contribution in [-0.4, -0.2) is 30.2 Å². The van der Waals surface area contributed by atoms with E-state index in [1.807, 2.05) is 0 Å². The molecule has 0 unspecified atom stereocenters. The Morgan fingerprint density at radius 2 is 1.71 bits per heavy atom. The third-order valence-electron chi connectivity index (χ3n) is 5.57. The van der Waals surface area contributed by atoms with E-state index in [1.165, 1.54) is 19.1 Å². The van der Waals surface area contributed by atoms with Gasteiger partial charge in [0.2, 0.25) is 0 Å². The minimum absolute atomic E-state index is 0.0326. The summed E-state index contributed by atoms with van der Waals surface area (Å²) in [6.45, 7) is 2.25. The van der Waals surface area contributed by atoms with E-state index in [1.54, 1.807) is 13.0 Å². The summed E-state index contributed by atoms with van der Waals surface area (Å²) in [5.41, 5.74) is -2.97. The van der Waals surface area contributed by atoms with Crippen LogP contribution in [0.15, 0.2) is 50.9 Å². The number of carbonyl (C=O) groups is 1. The van der Waals surface area contributed by atoms with Crippen LogP contribution in [0, 0.1) is 13.8 Å². The van der Waals surface area contributed by atoms with Crippen LogP contribution in [-0.2, 0) is 12.7 Å². The molecule has 34 heavy (non-hydrogen) atoms. The number of benzene rings is 2. The monoisotopic (exact) mass is 474 g/mol. The third-order valence-corrected chi connectivity index (χ3v) is 5.57. The van der Waals surface area contributed by atoms with E-state index in [2.05, 4.69) is 9.97 Å². The maximum Gasteiger partial charge on any atom is 0.416 e. The lowest BCUT2D eigenvalue weighted by Crippen LogP contribution is -2.42. The molecule has 0 aliphatic carbocycles. The molecule has 9 nitrogen and oxygen atoms in total. The van der Waals surface area contributed by atoms with Gasteiger partial charge in [0.05, 0.1) is 28.8 Å². The fourth-order valence-electron chi connectivity index (χ4n) is 3.83. The van der Waals surface area contributed by atoms with Crippen molar-refractivity contribution >= 4 is 17.0 Å². The van der Waals surface area contributed by atoms with Crippen LogP contribution in [0.2, 0.25) is 0 Å². The summed E-state index contributed by atoms with van der Waals surface area (Å²) in [6.07, 6.45) is -3.78. The van der Waals surface area contributed by atoms with Crippen molar-refractivity contribution in [2.75, 3.05) is 0 Å². The summed E-state index contributed by atoms with van der Waals surface area (Å²) in [7, 11) is 0. The number of aromatic nitrogens is 4. The number of nitrogens with one attached hydrogen (secondary N) is 2. The zero-order chi connectivity index (χ0) is 24.9. The number of hydrogen-bond donors (Lipinski definition) is 3. The Morgan fingerprint density at radius 1 is 1.06 bits per heavy atom. The zero-order valence-electron chi connectivity index (χ0n) is 17.8. The molecule has 3 N–H and O–H groups in total. The summed E-state index contributed by atoms with van der Waals surface area (Å²) < 4.78 is 41.4. The Bertz CT molecular complexity index is 1640. The van der Waals surface area contributed by atoms with Crippen molar-refractivity contribution in [3.05, 3.63) is 95.7 Å². The van der Waals surface area contributed by atoms with Gasteiger partial charge in [0.1, 0.15) is 5.56 Å². The first kappa shape index (κ1) is 22.8. The highest BCUT2D eigenvalue weighted by Gasteiger charge is 2.33. The molecule has 0 fully saturated rings. The SMILES string of the molecule is Cc1cc2[nH]c(=O)[nH]c2cc1-n1cc(C(=O)O)c(=O)n(Cc2cccc(C(F)(F)F)c2C)c1=O. The standard InChI is InChI=1S/C22H17F3N4O5/c1-10-6-15-16(27-20(33)26-15)7-17(10)28-9-13(19(31)32)18(30)29(21(28)34)8-12-4-3-5-14(11(12)2)22(23,24)25/h3-7,9H,8H2,1-2H3,(H,31,32)(H2,26,27,33). The summed E-state index contributed by atoms with van der Waals surface area (Å²) >= 11 is 0. The van der Waals surface area contributed by atoms with E-state index in [-0.39, 0.29) is 16.8 Å². The first-order valence-corrected chi connectivity index (χ1v) is 9.87. The summed E-state index contributed by atoms with van der Waals surface area (Å²) in [5.74, 6) is -1.61. The Kier molecular flexibility index (Phi) is 5.31. The quantitative estimate of drug-likeness (QED) is 0.419. The van der Waals surface area contributed by atoms with E-state index in [0.29, 0.717) is 21.2 Å². The molecular weight excluding hydrogens is 457 g/mol. The smallest absolute Gasteiger partial charge is 0.416 e. The second-order valence-electron chi connectivity index (χ2n) is 7.74. The molecule has 0 atom stereocenters. The lowest BCUT2D eigenvalue weighted by molar-refractivity contribution is -0.138. The minimum atomic E-state index is -4.64. The number of fused-ring (bicyclic) bond motifs is 1. The molecule has 0 amide bonds. The molecule has 2 aromatic carbocycles. The fraction of sp³-hybridized carbons (Fsp3) is 0.182. The average molecular weight is 474 g/mol. The molecule has 0 aliphatic heterocycles. The van der Waals surface area contributed by atoms with E-state index < -0.39 is 46.8 Å². The molecule has 4 aromatic rings. The van der Waals surface area contributed by atoms with Gasteiger partial charge in [-0.3, -0.25) is 13.9 Å². The average Bonchev–Trinajstić information content (AvgIpc) is 3.09. The largest absolute Gasteiger partial charge is 0.477 e. The van der Waals surface area contributed by atoms with E-state index in [0.717, 1.165) is 22.9 Å². The Morgan fingerprint density at radius 3 is 2.32 bits per heavy atom. The van der Waals surface area contributed by atoms with Crippen LogP contribution in [0.1, 0.15) is 32.6 Å². The Hall–Kier alpha value is -4.35. The number of hydrogen-bond acceptors (Lipinski definition) is 4. The van der Waals surface area contributed by atoms with Gasteiger partial charge in [-0.1, -0.05) is 12.1 Å². The van der Waals surface area contributed by atoms with Crippen molar-refractivity contribution in [1.82, 2.24) is 19.1 Å². The fourth-order valence-corrected chi connectivity index (χ4v) is 3.83. The molecule has 176 valence electrons. The lowest BCUT2D eigenvalue weighted by atomic mass is 10.0. The molecule has 0 bridgehead atoms. The number of aromatic amines is 2. The van der Waals surface area contributed by atoms with Gasteiger partial charge in [-0.2, -0.15) is 13.2 Å². The van der Waals surface area contributed by atoms with Crippen LogP contribution in [0.5, 0.6) is 0 Å². The maximum absolute atomic E-state index is 13.3. The molecule has 0 spiro atoms. The molecule has 12 heteroatoms. The third kappa shape index (κ3) is 3.83. The van der Waals surface area contributed by atoms with Crippen molar-refractivity contribution in [2.24, 2.45) is 0 Å². The van der Waals surface area contributed by atoms with Gasteiger partial charge in [0, 0.05) is 6.20 Å². The van der Waals surface area contributed by atoms with Gasteiger partial charge >= 0.3 is 23.5 Å². The van der Waals surface area contributed by atoms with Crippen molar-refractivity contribution < 1.29 is 23.1 Å². The molecule has 4 rings (SSSR count). The highest BCUT2D eigenvalue weighted by atomic mass is 19.4. The van der Waals surface area contributed by atoms with Gasteiger partial charge in [-0.05, 0) is 48.7 Å². The molecule has 0 saturated carbocycles. The molecular formula is C22H17F3N4O5. The Labute approximate surface area is 187 Å². The number of rotatable bonds is 4. The number of nitrogens with zero attached hydrogens (tertiary/aromatic N) is 2. The van der Waals surface area contributed by atoms with Crippen molar-refractivity contribution in [3.63, 3.8) is 0 Å². The first-order chi connectivity index (χ1) is 15.9. The van der Waals surface area contributed by atoms with Crippen LogP contribution in [0.4, 0.5) is 13.2 Å². The van der Waals surface area contributed by atoms with Crippen LogP contribution in [0.25, 0.3) is 16.7 Å². The molecule has 0 aliphatic rings. The van der Waals surface area contributed by atoms with Crippen LogP contribution < -0.4 is 16.9 Å². The van der Waals surface area contributed by atoms with Gasteiger partial charge < -0.3 is 15.1 Å². The van der Waals surface area contributed by atoms with E-state index in [9.17, 15) is 37.5 Å². The van der Waals surface area contributed by atoms with Crippen molar-refractivity contribution in [3.8, 4) is 5.69 Å². The normalized spacial score (nSPS) is 11.8. The number of imidazole rings is 1. The second-order valence-corrected chi connectivity index (χ2v) is 7.74. The number of halogens is 3. The highest BCUT2D eigenvalue weighted by Crippen LogP contribution is 2.33. The van der Waals surface area contributed by atoms with Crippen LogP contribution in [0.3, 0.4) is 0 Å². The highest BCUT2D eigenvalue weighted by molar-refractivity contribution is 5.87. The number of alkyl halides is 3. The van der Waals surface area contributed by atoms with E-state index >= 15 is 0 Å². The molecule has 0 saturated heterocycles. The number of H-pyrrole nitrogens is 2. The van der Waals surface area contributed by atoms with Gasteiger partial charge in [0.15, 0.2) is 0 Å². The summed E-state index contributed by atoms with van der Waals surface area (Å²) in [5, 5.41) is 9.54. The maximum atomic E-state index is 13.3.